The first-order valence-electron chi connectivity index (χ1n) is 7.06. The molecule has 0 aliphatic heterocycles. The van der Waals surface area contributed by atoms with E-state index in [0.29, 0.717) is 29.1 Å². The molecule has 2 aromatic rings. The highest BCUT2D eigenvalue weighted by Crippen LogP contribution is 2.28. The van der Waals surface area contributed by atoms with Gasteiger partial charge in [-0.3, -0.25) is 0 Å². The molecular weight excluding hydrogens is 274 g/mol. The fourth-order valence-corrected chi connectivity index (χ4v) is 2.93. The van der Waals surface area contributed by atoms with Crippen LogP contribution >= 0.6 is 11.6 Å². The summed E-state index contributed by atoms with van der Waals surface area (Å²) in [6.07, 6.45) is 5.68. The van der Waals surface area contributed by atoms with Crippen LogP contribution < -0.4 is 5.73 Å². The second kappa shape index (κ2) is 5.94. The van der Waals surface area contributed by atoms with Crippen molar-refractivity contribution in [3.63, 3.8) is 0 Å². The average molecular weight is 292 g/mol. The third kappa shape index (κ3) is 3.02. The van der Waals surface area contributed by atoms with Crippen molar-refractivity contribution in [3.05, 3.63) is 35.2 Å². The Bertz CT molecular complexity index is 561. The largest absolute Gasteiger partial charge is 0.339 e. The third-order valence-electron chi connectivity index (χ3n) is 3.99. The molecule has 3 rings (SSSR count). The van der Waals surface area contributed by atoms with Crippen LogP contribution in [0.25, 0.3) is 11.4 Å². The van der Waals surface area contributed by atoms with E-state index in [2.05, 4.69) is 10.1 Å². The molecule has 0 radical (unpaired) electrons. The smallest absolute Gasteiger partial charge is 0.228 e. The number of nitrogens with two attached hydrogens (primary N) is 1. The average Bonchev–Trinajstić information content (AvgIpc) is 3.10. The van der Waals surface area contributed by atoms with Crippen LogP contribution in [-0.4, -0.2) is 16.2 Å². The molecular formula is C15H18ClN3O. The van der Waals surface area contributed by atoms with Crippen LogP contribution in [0.4, 0.5) is 0 Å². The molecule has 1 saturated carbocycles. The molecule has 1 aliphatic carbocycles. The Morgan fingerprint density at radius 3 is 2.65 bits per heavy atom. The minimum atomic E-state index is 0.121. The molecule has 5 heteroatoms. The third-order valence-corrected chi connectivity index (χ3v) is 4.24. The van der Waals surface area contributed by atoms with Gasteiger partial charge in [-0.15, -0.1) is 0 Å². The number of rotatable bonds is 4. The van der Waals surface area contributed by atoms with Gasteiger partial charge in [0.2, 0.25) is 11.7 Å². The fourth-order valence-electron chi connectivity index (χ4n) is 2.81. The molecule has 1 heterocycles. The Balaban J connectivity index is 1.68. The molecule has 0 bridgehead atoms. The van der Waals surface area contributed by atoms with E-state index in [1.807, 2.05) is 24.3 Å². The van der Waals surface area contributed by atoms with Crippen LogP contribution in [0.1, 0.15) is 31.6 Å². The highest BCUT2D eigenvalue weighted by molar-refractivity contribution is 6.30. The summed E-state index contributed by atoms with van der Waals surface area (Å²) in [6.45, 7) is 0. The maximum atomic E-state index is 6.23. The molecule has 0 saturated heterocycles. The van der Waals surface area contributed by atoms with Gasteiger partial charge in [-0.2, -0.15) is 4.98 Å². The Morgan fingerprint density at radius 1 is 1.25 bits per heavy atom. The summed E-state index contributed by atoms with van der Waals surface area (Å²) in [5.74, 6) is 1.81. The lowest BCUT2D eigenvalue weighted by Gasteiger charge is -2.16. The monoisotopic (exact) mass is 291 g/mol. The highest BCUT2D eigenvalue weighted by atomic mass is 35.5. The Morgan fingerprint density at radius 2 is 1.95 bits per heavy atom. The first-order chi connectivity index (χ1) is 9.72. The zero-order valence-corrected chi connectivity index (χ0v) is 12.0. The summed E-state index contributed by atoms with van der Waals surface area (Å²) >= 11 is 5.87. The Kier molecular flexibility index (Phi) is 4.03. The second-order valence-corrected chi connectivity index (χ2v) is 5.87. The molecule has 0 spiro atoms. The molecule has 0 amide bonds. The molecule has 1 aliphatic rings. The molecule has 1 fully saturated rings. The van der Waals surface area contributed by atoms with Gasteiger partial charge >= 0.3 is 0 Å². The normalized spacial score (nSPS) is 17.5. The van der Waals surface area contributed by atoms with Gasteiger partial charge in [0.25, 0.3) is 0 Å². The Hall–Kier alpha value is -1.39. The summed E-state index contributed by atoms with van der Waals surface area (Å²) in [6, 6.07) is 7.52. The molecule has 2 N–H and O–H groups in total. The van der Waals surface area contributed by atoms with Gasteiger partial charge in [-0.25, -0.2) is 0 Å². The predicted octanol–water partition coefficient (Wildman–Crippen LogP) is 3.45. The number of nitrogens with zero attached hydrogens (tertiary/aromatic N) is 2. The standard InChI is InChI=1S/C15H18ClN3O/c16-12-7-5-11(6-8-12)15-18-14(20-19-15)9-13(17)10-3-1-2-4-10/h5-8,10,13H,1-4,9,17H2. The summed E-state index contributed by atoms with van der Waals surface area (Å²) in [7, 11) is 0. The minimum absolute atomic E-state index is 0.121. The lowest BCUT2D eigenvalue weighted by Crippen LogP contribution is -2.30. The van der Waals surface area contributed by atoms with Crippen molar-refractivity contribution in [2.45, 2.75) is 38.1 Å². The van der Waals surface area contributed by atoms with Gasteiger partial charge in [0.05, 0.1) is 0 Å². The van der Waals surface area contributed by atoms with Crippen molar-refractivity contribution in [1.29, 1.82) is 0 Å². The van der Waals surface area contributed by atoms with Crippen molar-refractivity contribution in [2.75, 3.05) is 0 Å². The van der Waals surface area contributed by atoms with Gasteiger partial charge in [0, 0.05) is 23.0 Å². The van der Waals surface area contributed by atoms with Crippen LogP contribution in [0.2, 0.25) is 5.02 Å². The molecule has 1 unspecified atom stereocenters. The Labute approximate surface area is 123 Å². The molecule has 4 nitrogen and oxygen atoms in total. The van der Waals surface area contributed by atoms with Gasteiger partial charge in [0.15, 0.2) is 0 Å². The van der Waals surface area contributed by atoms with Crippen LogP contribution in [0, 0.1) is 5.92 Å². The van der Waals surface area contributed by atoms with Gasteiger partial charge in [-0.05, 0) is 43.0 Å². The number of hydrogen-bond acceptors (Lipinski definition) is 4. The van der Waals surface area contributed by atoms with Crippen LogP contribution in [0.5, 0.6) is 0 Å². The fraction of sp³-hybridized carbons (Fsp3) is 0.467. The number of hydrogen-bond donors (Lipinski definition) is 1. The summed E-state index contributed by atoms with van der Waals surface area (Å²) in [5, 5.41) is 4.71. The number of halogens is 1. The van der Waals surface area contributed by atoms with Crippen LogP contribution in [0.15, 0.2) is 28.8 Å². The zero-order valence-electron chi connectivity index (χ0n) is 11.3. The maximum absolute atomic E-state index is 6.23. The second-order valence-electron chi connectivity index (χ2n) is 5.43. The number of benzene rings is 1. The zero-order chi connectivity index (χ0) is 13.9. The topological polar surface area (TPSA) is 64.9 Å². The van der Waals surface area contributed by atoms with Crippen molar-refractivity contribution in [3.8, 4) is 11.4 Å². The van der Waals surface area contributed by atoms with Crippen LogP contribution in [0.3, 0.4) is 0 Å². The van der Waals surface area contributed by atoms with E-state index in [-0.39, 0.29) is 6.04 Å². The maximum Gasteiger partial charge on any atom is 0.228 e. The van der Waals surface area contributed by atoms with E-state index < -0.39 is 0 Å². The molecule has 1 atom stereocenters. The minimum Gasteiger partial charge on any atom is -0.339 e. The van der Waals surface area contributed by atoms with Crippen molar-refractivity contribution < 1.29 is 4.52 Å². The van der Waals surface area contributed by atoms with Crippen molar-refractivity contribution >= 4 is 11.6 Å². The first kappa shape index (κ1) is 13.6. The van der Waals surface area contributed by atoms with E-state index in [1.165, 1.54) is 25.7 Å². The van der Waals surface area contributed by atoms with E-state index >= 15 is 0 Å². The van der Waals surface area contributed by atoms with E-state index in [9.17, 15) is 0 Å². The quantitative estimate of drug-likeness (QED) is 0.937. The summed E-state index contributed by atoms with van der Waals surface area (Å²) < 4.78 is 5.31. The lowest BCUT2D eigenvalue weighted by molar-refractivity contribution is 0.341. The lowest BCUT2D eigenvalue weighted by atomic mass is 9.96. The van der Waals surface area contributed by atoms with Crippen LogP contribution in [-0.2, 0) is 6.42 Å². The van der Waals surface area contributed by atoms with E-state index in [4.69, 9.17) is 21.9 Å². The van der Waals surface area contributed by atoms with Crippen molar-refractivity contribution in [1.82, 2.24) is 10.1 Å². The molecule has 20 heavy (non-hydrogen) atoms. The molecule has 1 aromatic carbocycles. The molecule has 106 valence electrons. The van der Waals surface area contributed by atoms with Gasteiger partial charge in [-0.1, -0.05) is 29.6 Å². The van der Waals surface area contributed by atoms with Crippen molar-refractivity contribution in [2.24, 2.45) is 11.7 Å². The van der Waals surface area contributed by atoms with Gasteiger partial charge in [0.1, 0.15) is 0 Å². The molecule has 1 aromatic heterocycles. The predicted molar refractivity (Wildman–Crippen MR) is 78.4 cm³/mol. The number of aromatic nitrogens is 2. The highest BCUT2D eigenvalue weighted by Gasteiger charge is 2.24. The van der Waals surface area contributed by atoms with E-state index in [1.54, 1.807) is 0 Å². The summed E-state index contributed by atoms with van der Waals surface area (Å²) in [5.41, 5.74) is 7.14. The van der Waals surface area contributed by atoms with E-state index in [0.717, 1.165) is 5.56 Å². The first-order valence-corrected chi connectivity index (χ1v) is 7.44. The van der Waals surface area contributed by atoms with Gasteiger partial charge < -0.3 is 10.3 Å². The SMILES string of the molecule is NC(Cc1nc(-c2ccc(Cl)cc2)no1)C1CCCC1. The summed E-state index contributed by atoms with van der Waals surface area (Å²) in [4.78, 5) is 4.42.